The smallest absolute Gasteiger partial charge is 0.446 e. The Kier molecular flexibility index (Phi) is 5.14. The highest BCUT2D eigenvalue weighted by molar-refractivity contribution is 8.00. The number of esters is 1. The van der Waals surface area contributed by atoms with E-state index in [2.05, 4.69) is 12.6 Å². The van der Waals surface area contributed by atoms with Gasteiger partial charge in [-0.05, 0) is 30.8 Å². The van der Waals surface area contributed by atoms with Crippen molar-refractivity contribution in [3.63, 3.8) is 0 Å². The van der Waals surface area contributed by atoms with Gasteiger partial charge in [0, 0.05) is 9.79 Å². The maximum Gasteiger partial charge on any atom is 0.446 e. The lowest BCUT2D eigenvalue weighted by molar-refractivity contribution is -0.0329. The van der Waals surface area contributed by atoms with Crippen LogP contribution < -0.4 is 0 Å². The largest absolute Gasteiger partial charge is 0.462 e. The molecular formula is C11H8F3NO2S2. The third-order valence-electron chi connectivity index (χ3n) is 1.93. The van der Waals surface area contributed by atoms with Crippen LogP contribution in [-0.4, -0.2) is 18.1 Å². The lowest BCUT2D eigenvalue weighted by Gasteiger charge is -2.12. The van der Waals surface area contributed by atoms with Crippen LogP contribution in [-0.2, 0) is 4.74 Å². The van der Waals surface area contributed by atoms with Crippen LogP contribution in [0.3, 0.4) is 0 Å². The molecule has 0 fully saturated rings. The number of thiol groups is 1. The molecule has 0 aliphatic rings. The Morgan fingerprint density at radius 1 is 1.53 bits per heavy atom. The van der Waals surface area contributed by atoms with Crippen LogP contribution in [0.4, 0.5) is 13.2 Å². The van der Waals surface area contributed by atoms with Gasteiger partial charge < -0.3 is 4.74 Å². The zero-order chi connectivity index (χ0) is 14.6. The first-order chi connectivity index (χ1) is 8.78. The molecular weight excluding hydrogens is 299 g/mol. The van der Waals surface area contributed by atoms with E-state index < -0.39 is 23.2 Å². The van der Waals surface area contributed by atoms with Crippen molar-refractivity contribution in [1.82, 2.24) is 0 Å². The number of benzene rings is 1. The van der Waals surface area contributed by atoms with Crippen LogP contribution in [0.15, 0.2) is 21.9 Å². The molecule has 1 aromatic rings. The van der Waals surface area contributed by atoms with Crippen LogP contribution in [0.5, 0.6) is 0 Å². The van der Waals surface area contributed by atoms with Gasteiger partial charge in [0.1, 0.15) is 0 Å². The molecule has 0 aromatic heterocycles. The molecule has 0 aliphatic carbocycles. The standard InChI is InChI=1S/C11H8F3NO2S2/c1-2-17-10(16)7-3-6(5-15)4-8(9(7)18)19-11(12,13)14/h3-4,18H,2H2,1H3. The zero-order valence-corrected chi connectivity index (χ0v) is 11.3. The van der Waals surface area contributed by atoms with E-state index in [0.717, 1.165) is 12.1 Å². The minimum atomic E-state index is -4.53. The molecule has 0 spiro atoms. The fourth-order valence-corrected chi connectivity index (χ4v) is 2.24. The van der Waals surface area contributed by atoms with Gasteiger partial charge in [-0.15, -0.1) is 12.6 Å². The van der Waals surface area contributed by atoms with E-state index in [1.165, 1.54) is 0 Å². The van der Waals surface area contributed by atoms with Crippen molar-refractivity contribution in [3.8, 4) is 6.07 Å². The van der Waals surface area contributed by atoms with Crippen molar-refractivity contribution in [2.24, 2.45) is 0 Å². The molecule has 19 heavy (non-hydrogen) atoms. The van der Waals surface area contributed by atoms with Gasteiger partial charge in [-0.3, -0.25) is 0 Å². The Labute approximate surface area is 117 Å². The Morgan fingerprint density at radius 2 is 2.16 bits per heavy atom. The highest BCUT2D eigenvalue weighted by atomic mass is 32.2. The maximum atomic E-state index is 12.4. The summed E-state index contributed by atoms with van der Waals surface area (Å²) < 4.78 is 41.8. The van der Waals surface area contributed by atoms with Crippen LogP contribution >= 0.6 is 24.4 Å². The van der Waals surface area contributed by atoms with Gasteiger partial charge in [0.05, 0.1) is 23.8 Å². The maximum absolute atomic E-state index is 12.4. The van der Waals surface area contributed by atoms with Crippen molar-refractivity contribution >= 4 is 30.4 Å². The van der Waals surface area contributed by atoms with Crippen LogP contribution in [0.1, 0.15) is 22.8 Å². The minimum Gasteiger partial charge on any atom is -0.462 e. The van der Waals surface area contributed by atoms with Gasteiger partial charge in [0.25, 0.3) is 0 Å². The molecule has 1 aromatic carbocycles. The molecule has 0 radical (unpaired) electrons. The number of thioether (sulfide) groups is 1. The van der Waals surface area contributed by atoms with Crippen LogP contribution in [0.25, 0.3) is 0 Å². The average molecular weight is 307 g/mol. The number of carbonyl (C=O) groups is 1. The van der Waals surface area contributed by atoms with Crippen molar-refractivity contribution in [2.75, 3.05) is 6.61 Å². The van der Waals surface area contributed by atoms with E-state index in [0.29, 0.717) is 0 Å². The number of hydrogen-bond donors (Lipinski definition) is 1. The Balaban J connectivity index is 3.29. The molecule has 0 bridgehead atoms. The van der Waals surface area contributed by atoms with Gasteiger partial charge in [0.2, 0.25) is 0 Å². The molecule has 8 heteroatoms. The number of nitriles is 1. The third kappa shape index (κ3) is 4.36. The predicted octanol–water partition coefficient (Wildman–Crippen LogP) is 3.64. The van der Waals surface area contributed by atoms with Gasteiger partial charge in [-0.2, -0.15) is 18.4 Å². The number of rotatable bonds is 3. The molecule has 0 N–H and O–H groups in total. The van der Waals surface area contributed by atoms with Crippen molar-refractivity contribution < 1.29 is 22.7 Å². The van der Waals surface area contributed by atoms with E-state index in [1.54, 1.807) is 13.0 Å². The quantitative estimate of drug-likeness (QED) is 0.526. The van der Waals surface area contributed by atoms with Gasteiger partial charge in [0.15, 0.2) is 0 Å². The normalized spacial score (nSPS) is 10.9. The molecule has 102 valence electrons. The minimum absolute atomic E-state index is 0.0624. The summed E-state index contributed by atoms with van der Waals surface area (Å²) in [6.07, 6.45) is 0. The molecule has 1 rings (SSSR count). The summed E-state index contributed by atoms with van der Waals surface area (Å²) in [4.78, 5) is 11.1. The lowest BCUT2D eigenvalue weighted by Crippen LogP contribution is -2.08. The summed E-state index contributed by atoms with van der Waals surface area (Å²) in [6, 6.07) is 3.88. The Hall–Kier alpha value is -1.33. The molecule has 0 heterocycles. The number of nitrogens with zero attached hydrogens (tertiary/aromatic N) is 1. The first kappa shape index (κ1) is 15.7. The number of ether oxygens (including phenoxy) is 1. The lowest BCUT2D eigenvalue weighted by atomic mass is 10.1. The van der Waals surface area contributed by atoms with E-state index >= 15 is 0 Å². The van der Waals surface area contributed by atoms with Crippen LogP contribution in [0, 0.1) is 11.3 Å². The molecule has 0 amide bonds. The van der Waals surface area contributed by atoms with Crippen molar-refractivity contribution in [1.29, 1.82) is 5.26 Å². The molecule has 0 atom stereocenters. The second-order valence-corrected chi connectivity index (χ2v) is 4.80. The van der Waals surface area contributed by atoms with Gasteiger partial charge in [-0.1, -0.05) is 0 Å². The SMILES string of the molecule is CCOC(=O)c1cc(C#N)cc(SC(F)(F)F)c1S. The summed E-state index contributed by atoms with van der Waals surface area (Å²) in [6.45, 7) is 1.64. The van der Waals surface area contributed by atoms with Crippen molar-refractivity contribution in [2.45, 2.75) is 22.2 Å². The summed E-state index contributed by atoms with van der Waals surface area (Å²) >= 11 is 3.48. The van der Waals surface area contributed by atoms with Crippen LogP contribution in [0.2, 0.25) is 0 Å². The summed E-state index contributed by atoms with van der Waals surface area (Å²) in [7, 11) is 0. The summed E-state index contributed by atoms with van der Waals surface area (Å²) in [5.41, 5.74) is -4.75. The Bertz CT molecular complexity index is 538. The molecule has 0 saturated carbocycles. The number of halogens is 3. The first-order valence-corrected chi connectivity index (χ1v) is 6.24. The first-order valence-electron chi connectivity index (χ1n) is 4.98. The fraction of sp³-hybridized carbons (Fsp3) is 0.273. The predicted molar refractivity (Wildman–Crippen MR) is 66.3 cm³/mol. The zero-order valence-electron chi connectivity index (χ0n) is 9.61. The van der Waals surface area contributed by atoms with Crippen molar-refractivity contribution in [3.05, 3.63) is 23.3 Å². The van der Waals surface area contributed by atoms with E-state index in [1.807, 2.05) is 0 Å². The summed E-state index contributed by atoms with van der Waals surface area (Å²) in [5.74, 6) is -0.811. The third-order valence-corrected chi connectivity index (χ3v) is 3.33. The van der Waals surface area contributed by atoms with Gasteiger partial charge >= 0.3 is 11.5 Å². The highest BCUT2D eigenvalue weighted by Gasteiger charge is 2.31. The topological polar surface area (TPSA) is 50.1 Å². The van der Waals surface area contributed by atoms with Gasteiger partial charge in [-0.25, -0.2) is 4.79 Å². The Morgan fingerprint density at radius 3 is 2.63 bits per heavy atom. The highest BCUT2D eigenvalue weighted by Crippen LogP contribution is 2.41. The second-order valence-electron chi connectivity index (χ2n) is 3.25. The fourth-order valence-electron chi connectivity index (χ4n) is 1.24. The number of hydrogen-bond acceptors (Lipinski definition) is 5. The second kappa shape index (κ2) is 6.21. The average Bonchev–Trinajstić information content (AvgIpc) is 2.30. The number of alkyl halides is 3. The molecule has 0 saturated heterocycles. The molecule has 0 unspecified atom stereocenters. The van der Waals surface area contributed by atoms with E-state index in [4.69, 9.17) is 10.00 Å². The number of carbonyl (C=O) groups excluding carboxylic acids is 1. The molecule has 3 nitrogen and oxygen atoms in total. The van der Waals surface area contributed by atoms with E-state index in [-0.39, 0.29) is 27.5 Å². The monoisotopic (exact) mass is 307 g/mol. The van der Waals surface area contributed by atoms with E-state index in [9.17, 15) is 18.0 Å². The summed E-state index contributed by atoms with van der Waals surface area (Å²) in [5, 5.41) is 8.77. The molecule has 0 aliphatic heterocycles.